The monoisotopic (exact) mass is 153 g/mol. The average molecular weight is 153 g/mol. The van der Waals surface area contributed by atoms with Gasteiger partial charge in [-0.25, -0.2) is 0 Å². The molecule has 0 bridgehead atoms. The van der Waals surface area contributed by atoms with Crippen molar-refractivity contribution in [3.63, 3.8) is 0 Å². The van der Waals surface area contributed by atoms with E-state index in [0.717, 1.165) is 25.0 Å². The number of nitrogens with one attached hydrogen (secondary N) is 1. The number of aliphatic hydroxyl groups excluding tert-OH is 1. The van der Waals surface area contributed by atoms with E-state index in [1.54, 1.807) is 6.20 Å². The maximum atomic E-state index is 9.00. The fraction of sp³-hybridized carbons (Fsp3) is 0.714. The number of hydrogen-bond acceptors (Lipinski definition) is 3. The van der Waals surface area contributed by atoms with Crippen LogP contribution in [0.3, 0.4) is 0 Å². The van der Waals surface area contributed by atoms with Gasteiger partial charge in [-0.05, 0) is 18.3 Å². The van der Waals surface area contributed by atoms with Crippen LogP contribution in [0, 0.1) is 5.41 Å². The second-order valence-electron chi connectivity index (χ2n) is 3.30. The van der Waals surface area contributed by atoms with Crippen LogP contribution in [0.4, 0.5) is 0 Å². The standard InChI is InChI=1S/C7H11N3O/c11-5-7(1-2-7)3-6-4-8-10-9-6/h4,11H,1-3,5H2,(H,8,9,10). The fourth-order valence-corrected chi connectivity index (χ4v) is 1.26. The van der Waals surface area contributed by atoms with Crippen molar-refractivity contribution < 1.29 is 5.11 Å². The molecule has 4 nitrogen and oxygen atoms in total. The second-order valence-corrected chi connectivity index (χ2v) is 3.30. The molecule has 0 saturated heterocycles. The van der Waals surface area contributed by atoms with E-state index in [-0.39, 0.29) is 12.0 Å². The molecule has 11 heavy (non-hydrogen) atoms. The zero-order valence-electron chi connectivity index (χ0n) is 6.25. The first kappa shape index (κ1) is 6.79. The molecule has 0 radical (unpaired) electrons. The molecular weight excluding hydrogens is 142 g/mol. The van der Waals surface area contributed by atoms with Gasteiger partial charge in [-0.2, -0.15) is 15.4 Å². The first-order chi connectivity index (χ1) is 5.35. The zero-order chi connectivity index (χ0) is 7.73. The highest BCUT2D eigenvalue weighted by Crippen LogP contribution is 2.47. The van der Waals surface area contributed by atoms with E-state index in [0.29, 0.717) is 0 Å². The number of H-pyrrole nitrogens is 1. The zero-order valence-corrected chi connectivity index (χ0v) is 6.25. The molecule has 4 heteroatoms. The van der Waals surface area contributed by atoms with Crippen LogP contribution in [-0.4, -0.2) is 27.1 Å². The second kappa shape index (κ2) is 2.30. The van der Waals surface area contributed by atoms with E-state index >= 15 is 0 Å². The van der Waals surface area contributed by atoms with Crippen molar-refractivity contribution in [3.05, 3.63) is 11.9 Å². The molecule has 60 valence electrons. The van der Waals surface area contributed by atoms with E-state index in [1.807, 2.05) is 0 Å². The largest absolute Gasteiger partial charge is 0.396 e. The lowest BCUT2D eigenvalue weighted by Crippen LogP contribution is -2.10. The van der Waals surface area contributed by atoms with Crippen molar-refractivity contribution >= 4 is 0 Å². The molecule has 1 aromatic rings. The smallest absolute Gasteiger partial charge is 0.0831 e. The predicted molar refractivity (Wildman–Crippen MR) is 38.8 cm³/mol. The van der Waals surface area contributed by atoms with Crippen LogP contribution in [0.5, 0.6) is 0 Å². The third kappa shape index (κ3) is 1.26. The van der Waals surface area contributed by atoms with E-state index in [1.165, 1.54) is 0 Å². The molecule has 0 amide bonds. The highest BCUT2D eigenvalue weighted by Gasteiger charge is 2.42. The molecule has 2 N–H and O–H groups in total. The Morgan fingerprint density at radius 1 is 1.64 bits per heavy atom. The molecule has 0 aliphatic heterocycles. The van der Waals surface area contributed by atoms with Crippen molar-refractivity contribution in [2.45, 2.75) is 19.3 Å². The highest BCUT2D eigenvalue weighted by atomic mass is 16.3. The first-order valence-corrected chi connectivity index (χ1v) is 3.80. The van der Waals surface area contributed by atoms with Crippen LogP contribution in [0.2, 0.25) is 0 Å². The van der Waals surface area contributed by atoms with Gasteiger partial charge < -0.3 is 5.11 Å². The lowest BCUT2D eigenvalue weighted by atomic mass is 10.0. The van der Waals surface area contributed by atoms with Crippen molar-refractivity contribution in [3.8, 4) is 0 Å². The van der Waals surface area contributed by atoms with Crippen molar-refractivity contribution in [1.82, 2.24) is 15.4 Å². The average Bonchev–Trinajstić information content (AvgIpc) is 2.59. The molecule has 1 saturated carbocycles. The van der Waals surface area contributed by atoms with E-state index in [9.17, 15) is 0 Å². The minimum Gasteiger partial charge on any atom is -0.396 e. The number of nitrogens with zero attached hydrogens (tertiary/aromatic N) is 2. The molecule has 0 unspecified atom stereocenters. The lowest BCUT2D eigenvalue weighted by Gasteiger charge is -2.06. The summed E-state index contributed by atoms with van der Waals surface area (Å²) in [7, 11) is 0. The van der Waals surface area contributed by atoms with Gasteiger partial charge in [0.05, 0.1) is 11.9 Å². The number of aromatic amines is 1. The van der Waals surface area contributed by atoms with E-state index in [2.05, 4.69) is 15.4 Å². The molecule has 0 atom stereocenters. The van der Waals surface area contributed by atoms with Gasteiger partial charge in [-0.1, -0.05) is 0 Å². The highest BCUT2D eigenvalue weighted by molar-refractivity contribution is 5.04. The van der Waals surface area contributed by atoms with Crippen LogP contribution >= 0.6 is 0 Å². The molecule has 1 aromatic heterocycles. The van der Waals surface area contributed by atoms with Crippen molar-refractivity contribution in [2.75, 3.05) is 6.61 Å². The topological polar surface area (TPSA) is 61.8 Å². The minimum absolute atomic E-state index is 0.150. The molecule has 1 aliphatic carbocycles. The summed E-state index contributed by atoms with van der Waals surface area (Å²) in [5.41, 5.74) is 1.10. The number of hydrogen-bond donors (Lipinski definition) is 2. The van der Waals surface area contributed by atoms with Crippen molar-refractivity contribution in [2.24, 2.45) is 5.41 Å². The Kier molecular flexibility index (Phi) is 1.42. The summed E-state index contributed by atoms with van der Waals surface area (Å²) >= 11 is 0. The van der Waals surface area contributed by atoms with Crippen LogP contribution in [0.1, 0.15) is 18.5 Å². The molecule has 0 aromatic carbocycles. The summed E-state index contributed by atoms with van der Waals surface area (Å²) < 4.78 is 0. The summed E-state index contributed by atoms with van der Waals surface area (Å²) in [6.07, 6.45) is 4.82. The quantitative estimate of drug-likeness (QED) is 0.648. The van der Waals surface area contributed by atoms with Gasteiger partial charge in [0.25, 0.3) is 0 Å². The van der Waals surface area contributed by atoms with Crippen LogP contribution in [-0.2, 0) is 6.42 Å². The normalized spacial score (nSPS) is 20.1. The molecule has 2 rings (SSSR count). The Hall–Kier alpha value is -0.900. The van der Waals surface area contributed by atoms with Crippen LogP contribution in [0.25, 0.3) is 0 Å². The lowest BCUT2D eigenvalue weighted by molar-refractivity contribution is 0.210. The Morgan fingerprint density at radius 3 is 2.91 bits per heavy atom. The first-order valence-electron chi connectivity index (χ1n) is 3.80. The van der Waals surface area contributed by atoms with E-state index in [4.69, 9.17) is 5.11 Å². The summed E-state index contributed by atoms with van der Waals surface area (Å²) in [6, 6.07) is 0. The van der Waals surface area contributed by atoms with Crippen LogP contribution < -0.4 is 0 Å². The maximum absolute atomic E-state index is 9.00. The SMILES string of the molecule is OCC1(Cc2cn[nH]n2)CC1. The van der Waals surface area contributed by atoms with E-state index < -0.39 is 0 Å². The third-order valence-corrected chi connectivity index (χ3v) is 2.31. The van der Waals surface area contributed by atoms with Gasteiger partial charge in [0.1, 0.15) is 0 Å². The summed E-state index contributed by atoms with van der Waals surface area (Å²) in [6.45, 7) is 0.278. The van der Waals surface area contributed by atoms with Gasteiger partial charge in [0.2, 0.25) is 0 Å². The Morgan fingerprint density at radius 2 is 2.45 bits per heavy atom. The number of aromatic nitrogens is 3. The van der Waals surface area contributed by atoms with Gasteiger partial charge >= 0.3 is 0 Å². The number of rotatable bonds is 3. The Bertz CT molecular complexity index is 228. The van der Waals surface area contributed by atoms with Gasteiger partial charge in [0, 0.05) is 13.0 Å². The Labute approximate surface area is 64.6 Å². The van der Waals surface area contributed by atoms with Gasteiger partial charge in [-0.15, -0.1) is 0 Å². The predicted octanol–water partition coefficient (Wildman–Crippen LogP) is 0.120. The molecule has 1 fully saturated rings. The minimum atomic E-state index is 0.150. The number of aliphatic hydroxyl groups is 1. The Balaban J connectivity index is 2.01. The summed E-state index contributed by atoms with van der Waals surface area (Å²) in [5.74, 6) is 0. The van der Waals surface area contributed by atoms with Crippen molar-refractivity contribution in [1.29, 1.82) is 0 Å². The van der Waals surface area contributed by atoms with Crippen LogP contribution in [0.15, 0.2) is 6.20 Å². The van der Waals surface area contributed by atoms with Gasteiger partial charge in [-0.3, -0.25) is 0 Å². The summed E-state index contributed by atoms with van der Waals surface area (Å²) in [5, 5.41) is 19.2. The fourth-order valence-electron chi connectivity index (χ4n) is 1.26. The van der Waals surface area contributed by atoms with Gasteiger partial charge in [0.15, 0.2) is 0 Å². The molecule has 1 aliphatic rings. The maximum Gasteiger partial charge on any atom is 0.0831 e. The summed E-state index contributed by atoms with van der Waals surface area (Å²) in [4.78, 5) is 0. The molecular formula is C7H11N3O. The third-order valence-electron chi connectivity index (χ3n) is 2.31. The molecule has 0 spiro atoms. The molecule has 1 heterocycles.